The summed E-state index contributed by atoms with van der Waals surface area (Å²) in [5.41, 5.74) is 0.717. The molecule has 2 N–H and O–H groups in total. The van der Waals surface area contributed by atoms with Gasteiger partial charge in [0.1, 0.15) is 6.61 Å². The largest absolute Gasteiger partial charge is 0.411 e. The molecule has 5 nitrogen and oxygen atoms in total. The van der Waals surface area contributed by atoms with Gasteiger partial charge < -0.3 is 10.1 Å². The smallest absolute Gasteiger partial charge is 0.372 e. The molecule has 0 fully saturated rings. The van der Waals surface area contributed by atoms with Crippen molar-refractivity contribution in [1.82, 2.24) is 15.5 Å². The summed E-state index contributed by atoms with van der Waals surface area (Å²) < 4.78 is 39.3. The molecule has 0 saturated carbocycles. The third-order valence-electron chi connectivity index (χ3n) is 1.77. The van der Waals surface area contributed by atoms with Crippen LogP contribution in [0.2, 0.25) is 0 Å². The zero-order chi connectivity index (χ0) is 12.7. The van der Waals surface area contributed by atoms with Crippen molar-refractivity contribution < 1.29 is 22.7 Å². The molecule has 0 aliphatic carbocycles. The average Bonchev–Trinajstić information content (AvgIpc) is 2.73. The van der Waals surface area contributed by atoms with E-state index >= 15 is 0 Å². The number of aromatic amines is 1. The highest BCUT2D eigenvalue weighted by Gasteiger charge is 2.27. The number of aromatic nitrogens is 2. The Hall–Kier alpha value is -1.57. The Balaban J connectivity index is 2.06. The number of halogens is 3. The summed E-state index contributed by atoms with van der Waals surface area (Å²) >= 11 is 0. The molecule has 0 bridgehead atoms. The Morgan fingerprint density at radius 2 is 2.29 bits per heavy atom. The zero-order valence-electron chi connectivity index (χ0n) is 8.88. The summed E-state index contributed by atoms with van der Waals surface area (Å²) in [4.78, 5) is 11.2. The minimum absolute atomic E-state index is 0.107. The average molecular weight is 251 g/mol. The van der Waals surface area contributed by atoms with E-state index in [4.69, 9.17) is 0 Å². The first kappa shape index (κ1) is 13.5. The van der Waals surface area contributed by atoms with Gasteiger partial charge >= 0.3 is 6.18 Å². The van der Waals surface area contributed by atoms with E-state index in [9.17, 15) is 18.0 Å². The molecular weight excluding hydrogens is 239 g/mol. The third-order valence-corrected chi connectivity index (χ3v) is 1.77. The molecule has 0 spiro atoms. The third kappa shape index (κ3) is 6.56. The van der Waals surface area contributed by atoms with E-state index < -0.39 is 12.8 Å². The summed E-state index contributed by atoms with van der Waals surface area (Å²) in [6, 6.07) is 1.68. The minimum atomic E-state index is -4.35. The Morgan fingerprint density at radius 1 is 1.53 bits per heavy atom. The molecule has 0 aliphatic heterocycles. The van der Waals surface area contributed by atoms with Crippen LogP contribution in [0.25, 0.3) is 0 Å². The van der Waals surface area contributed by atoms with E-state index in [1.807, 2.05) is 0 Å². The van der Waals surface area contributed by atoms with Crippen LogP contribution < -0.4 is 5.32 Å². The van der Waals surface area contributed by atoms with Crippen molar-refractivity contribution in [3.05, 3.63) is 18.0 Å². The fourth-order valence-electron chi connectivity index (χ4n) is 1.02. The molecule has 17 heavy (non-hydrogen) atoms. The van der Waals surface area contributed by atoms with Gasteiger partial charge in [-0.15, -0.1) is 0 Å². The van der Waals surface area contributed by atoms with Crippen molar-refractivity contribution in [2.24, 2.45) is 0 Å². The molecule has 0 radical (unpaired) electrons. The summed E-state index contributed by atoms with van der Waals surface area (Å²) in [6.07, 6.45) is -2.93. The summed E-state index contributed by atoms with van der Waals surface area (Å²) in [6.45, 7) is -1.33. The lowest BCUT2D eigenvalue weighted by atomic mass is 10.4. The minimum Gasteiger partial charge on any atom is -0.372 e. The van der Waals surface area contributed by atoms with Gasteiger partial charge in [-0.1, -0.05) is 0 Å². The van der Waals surface area contributed by atoms with Gasteiger partial charge in [0.05, 0.1) is 18.8 Å². The molecular formula is C9H12F3N3O2. The van der Waals surface area contributed by atoms with E-state index in [2.05, 4.69) is 20.3 Å². The maximum atomic E-state index is 11.7. The molecule has 0 aromatic carbocycles. The maximum Gasteiger partial charge on any atom is 0.411 e. The second-order valence-electron chi connectivity index (χ2n) is 3.28. The van der Waals surface area contributed by atoms with Gasteiger partial charge in [-0.3, -0.25) is 9.89 Å². The van der Waals surface area contributed by atoms with Gasteiger partial charge in [0.25, 0.3) is 0 Å². The molecule has 96 valence electrons. The van der Waals surface area contributed by atoms with Gasteiger partial charge in [0.15, 0.2) is 0 Å². The van der Waals surface area contributed by atoms with Crippen molar-refractivity contribution in [1.29, 1.82) is 0 Å². The van der Waals surface area contributed by atoms with Gasteiger partial charge in [-0.2, -0.15) is 18.3 Å². The zero-order valence-corrected chi connectivity index (χ0v) is 8.88. The summed E-state index contributed by atoms with van der Waals surface area (Å²) in [5.74, 6) is -0.373. The summed E-state index contributed by atoms with van der Waals surface area (Å²) in [7, 11) is 0. The summed E-state index contributed by atoms with van der Waals surface area (Å²) in [5, 5.41) is 8.82. The van der Waals surface area contributed by atoms with E-state index in [0.29, 0.717) is 0 Å². The molecule has 1 aromatic rings. The fraction of sp³-hybridized carbons (Fsp3) is 0.556. The number of H-pyrrole nitrogens is 1. The van der Waals surface area contributed by atoms with Crippen molar-refractivity contribution >= 4 is 5.91 Å². The molecule has 0 saturated heterocycles. The first-order valence-electron chi connectivity index (χ1n) is 4.87. The van der Waals surface area contributed by atoms with E-state index in [1.165, 1.54) is 6.20 Å². The second kappa shape index (κ2) is 6.24. The molecule has 1 amide bonds. The highest BCUT2D eigenvalue weighted by Crippen LogP contribution is 2.14. The number of amides is 1. The van der Waals surface area contributed by atoms with E-state index in [0.717, 1.165) is 5.69 Å². The second-order valence-corrected chi connectivity index (χ2v) is 3.28. The predicted molar refractivity (Wildman–Crippen MR) is 51.9 cm³/mol. The number of alkyl halides is 3. The van der Waals surface area contributed by atoms with Crippen LogP contribution in [0.3, 0.4) is 0 Å². The normalized spacial score (nSPS) is 11.5. The predicted octanol–water partition coefficient (Wildman–Crippen LogP) is 0.995. The molecule has 1 rings (SSSR count). The van der Waals surface area contributed by atoms with Crippen molar-refractivity contribution in [2.75, 3.05) is 13.2 Å². The number of ether oxygens (including phenoxy) is 1. The number of nitrogens with one attached hydrogen (secondary N) is 2. The number of carbonyl (C=O) groups is 1. The molecule has 1 heterocycles. The van der Waals surface area contributed by atoms with Crippen LogP contribution in [0, 0.1) is 0 Å². The molecule has 8 heteroatoms. The first-order chi connectivity index (χ1) is 7.97. The van der Waals surface area contributed by atoms with Crippen LogP contribution in [0.15, 0.2) is 12.3 Å². The molecule has 1 aromatic heterocycles. The standard InChI is InChI=1S/C9H12F3N3O2/c10-9(11,12)6-17-4-2-8(16)13-5-7-1-3-14-15-7/h1,3H,2,4-6H2,(H,13,16)(H,14,15). The number of rotatable bonds is 6. The van der Waals surface area contributed by atoms with Crippen LogP contribution in [0.1, 0.15) is 12.1 Å². The van der Waals surface area contributed by atoms with Crippen molar-refractivity contribution in [2.45, 2.75) is 19.1 Å². The number of hydrogen-bond acceptors (Lipinski definition) is 3. The topological polar surface area (TPSA) is 67.0 Å². The van der Waals surface area contributed by atoms with E-state index in [-0.39, 0.29) is 25.5 Å². The van der Waals surface area contributed by atoms with Gasteiger partial charge in [-0.25, -0.2) is 0 Å². The van der Waals surface area contributed by atoms with Crippen molar-refractivity contribution in [3.63, 3.8) is 0 Å². The lowest BCUT2D eigenvalue weighted by Crippen LogP contribution is -2.25. The molecule has 0 unspecified atom stereocenters. The SMILES string of the molecule is O=C(CCOCC(F)(F)F)NCc1ccn[nH]1. The van der Waals surface area contributed by atoms with Crippen LogP contribution in [0.5, 0.6) is 0 Å². The quantitative estimate of drug-likeness (QED) is 0.741. The van der Waals surface area contributed by atoms with Crippen LogP contribution in [-0.4, -0.2) is 35.5 Å². The Labute approximate surface area is 95.3 Å². The van der Waals surface area contributed by atoms with Crippen LogP contribution in [-0.2, 0) is 16.1 Å². The van der Waals surface area contributed by atoms with E-state index in [1.54, 1.807) is 6.07 Å². The maximum absolute atomic E-state index is 11.7. The van der Waals surface area contributed by atoms with Crippen molar-refractivity contribution in [3.8, 4) is 0 Å². The monoisotopic (exact) mass is 251 g/mol. The van der Waals surface area contributed by atoms with Crippen LogP contribution in [0.4, 0.5) is 13.2 Å². The highest BCUT2D eigenvalue weighted by atomic mass is 19.4. The Morgan fingerprint density at radius 3 is 2.88 bits per heavy atom. The van der Waals surface area contributed by atoms with Crippen LogP contribution >= 0.6 is 0 Å². The lowest BCUT2D eigenvalue weighted by Gasteiger charge is -2.07. The van der Waals surface area contributed by atoms with Gasteiger partial charge in [-0.05, 0) is 6.07 Å². The van der Waals surface area contributed by atoms with Gasteiger partial charge in [0.2, 0.25) is 5.91 Å². The molecule has 0 atom stereocenters. The lowest BCUT2D eigenvalue weighted by molar-refractivity contribution is -0.174. The highest BCUT2D eigenvalue weighted by molar-refractivity contribution is 5.75. The Kier molecular flexibility index (Phi) is 4.95. The molecule has 0 aliphatic rings. The number of carbonyl (C=O) groups excluding carboxylic acids is 1. The van der Waals surface area contributed by atoms with Gasteiger partial charge in [0, 0.05) is 12.6 Å². The number of hydrogen-bond donors (Lipinski definition) is 2. The Bertz CT molecular complexity index is 338. The fourth-order valence-corrected chi connectivity index (χ4v) is 1.02. The number of nitrogens with zero attached hydrogens (tertiary/aromatic N) is 1. The first-order valence-corrected chi connectivity index (χ1v) is 4.87.